The molecule has 0 aliphatic carbocycles. The maximum Gasteiger partial charge on any atom is 0.234 e. The molecular weight excluding hydrogens is 238 g/mol. The molecule has 0 saturated carbocycles. The van der Waals surface area contributed by atoms with Crippen LogP contribution in [0.2, 0.25) is 0 Å². The second-order valence-corrected chi connectivity index (χ2v) is 4.73. The van der Waals surface area contributed by atoms with Gasteiger partial charge in [-0.1, -0.05) is 6.08 Å². The summed E-state index contributed by atoms with van der Waals surface area (Å²) in [4.78, 5) is 13.8. The van der Waals surface area contributed by atoms with E-state index in [0.29, 0.717) is 19.1 Å². The van der Waals surface area contributed by atoms with E-state index in [0.717, 1.165) is 25.6 Å². The highest BCUT2D eigenvalue weighted by molar-refractivity contribution is 5.85. The lowest BCUT2D eigenvalue weighted by atomic mass is 9.93. The molecule has 2 heterocycles. The number of nitrogens with one attached hydrogen (secondary N) is 2. The van der Waals surface area contributed by atoms with E-state index in [4.69, 9.17) is 0 Å². The third-order valence-electron chi connectivity index (χ3n) is 3.55. The molecule has 2 fully saturated rings. The largest absolute Gasteiger partial charge is 0.352 e. The fraction of sp³-hybridized carbons (Fsp3) is 0.750. The van der Waals surface area contributed by atoms with Crippen LogP contribution in [0, 0.1) is 5.92 Å². The Bertz CT molecular complexity index is 272. The fourth-order valence-electron chi connectivity index (χ4n) is 2.71. The molecule has 2 aliphatic heterocycles. The first-order chi connectivity index (χ1) is 7.79. The van der Waals surface area contributed by atoms with Gasteiger partial charge in [-0.3, -0.25) is 9.69 Å². The second kappa shape index (κ2) is 6.99. The van der Waals surface area contributed by atoms with Crippen LogP contribution >= 0.6 is 12.4 Å². The van der Waals surface area contributed by atoms with E-state index >= 15 is 0 Å². The Morgan fingerprint density at radius 2 is 2.35 bits per heavy atom. The van der Waals surface area contributed by atoms with Crippen LogP contribution in [0.4, 0.5) is 0 Å². The van der Waals surface area contributed by atoms with E-state index in [9.17, 15) is 4.79 Å². The molecule has 0 aromatic carbocycles. The lowest BCUT2D eigenvalue weighted by Gasteiger charge is -2.34. The highest BCUT2D eigenvalue weighted by atomic mass is 35.5. The Morgan fingerprint density at radius 1 is 1.53 bits per heavy atom. The van der Waals surface area contributed by atoms with Gasteiger partial charge in [0.1, 0.15) is 0 Å². The van der Waals surface area contributed by atoms with Crippen molar-refractivity contribution < 1.29 is 4.79 Å². The summed E-state index contributed by atoms with van der Waals surface area (Å²) < 4.78 is 0. The molecule has 5 heteroatoms. The van der Waals surface area contributed by atoms with E-state index in [2.05, 4.69) is 22.1 Å². The molecule has 0 aromatic rings. The van der Waals surface area contributed by atoms with Crippen molar-refractivity contribution in [3.8, 4) is 0 Å². The average molecular weight is 260 g/mol. The molecule has 0 aromatic heterocycles. The smallest absolute Gasteiger partial charge is 0.234 e. The zero-order valence-corrected chi connectivity index (χ0v) is 11.0. The van der Waals surface area contributed by atoms with Crippen molar-refractivity contribution in [2.45, 2.75) is 18.9 Å². The normalized spacial score (nSPS) is 28.0. The summed E-state index contributed by atoms with van der Waals surface area (Å²) in [5.74, 6) is 0.866. The number of hydrogen-bond acceptors (Lipinski definition) is 3. The minimum Gasteiger partial charge on any atom is -0.352 e. The number of fused-ring (bicyclic) bond motifs is 1. The predicted octanol–water partition coefficient (Wildman–Crippen LogP) is 0.394. The van der Waals surface area contributed by atoms with E-state index in [1.165, 1.54) is 12.8 Å². The molecule has 0 radical (unpaired) electrons. The van der Waals surface area contributed by atoms with Crippen LogP contribution < -0.4 is 10.6 Å². The number of amides is 1. The number of nitrogens with zero attached hydrogens (tertiary/aromatic N) is 1. The minimum absolute atomic E-state index is 0. The van der Waals surface area contributed by atoms with Gasteiger partial charge in [0.15, 0.2) is 0 Å². The number of piperidine rings is 1. The standard InChI is InChI=1S/C12H21N3O.ClH/c1-2-5-14-12(16)9-15-7-4-11-10(8-15)3-6-13-11;/h2,10-11,13H,1,3-9H2,(H,14,16);1H. The van der Waals surface area contributed by atoms with Gasteiger partial charge in [0, 0.05) is 25.7 Å². The molecule has 17 heavy (non-hydrogen) atoms. The number of carbonyl (C=O) groups excluding carboxylic acids is 1. The Hall–Kier alpha value is -0.580. The molecule has 2 aliphatic rings. The monoisotopic (exact) mass is 259 g/mol. The van der Waals surface area contributed by atoms with Crippen molar-refractivity contribution in [1.82, 2.24) is 15.5 Å². The van der Waals surface area contributed by atoms with Crippen LogP contribution in [0.5, 0.6) is 0 Å². The van der Waals surface area contributed by atoms with Crippen molar-refractivity contribution in [2.75, 3.05) is 32.7 Å². The Labute approximate surface area is 109 Å². The number of halogens is 1. The summed E-state index contributed by atoms with van der Waals surface area (Å²) in [6, 6.07) is 0.701. The zero-order valence-electron chi connectivity index (χ0n) is 10.2. The van der Waals surface area contributed by atoms with E-state index in [1.807, 2.05) is 0 Å². The van der Waals surface area contributed by atoms with Crippen LogP contribution in [-0.4, -0.2) is 49.6 Å². The van der Waals surface area contributed by atoms with Gasteiger partial charge in [-0.25, -0.2) is 0 Å². The molecule has 2 unspecified atom stereocenters. The molecule has 2 N–H and O–H groups in total. The number of likely N-dealkylation sites (tertiary alicyclic amines) is 1. The molecular formula is C12H22ClN3O. The van der Waals surface area contributed by atoms with Gasteiger partial charge in [-0.2, -0.15) is 0 Å². The number of rotatable bonds is 4. The molecule has 2 atom stereocenters. The maximum atomic E-state index is 11.5. The van der Waals surface area contributed by atoms with Gasteiger partial charge < -0.3 is 10.6 Å². The highest BCUT2D eigenvalue weighted by Crippen LogP contribution is 2.24. The first kappa shape index (κ1) is 14.5. The lowest BCUT2D eigenvalue weighted by Crippen LogP contribution is -2.47. The maximum absolute atomic E-state index is 11.5. The van der Waals surface area contributed by atoms with Gasteiger partial charge >= 0.3 is 0 Å². The van der Waals surface area contributed by atoms with Crippen molar-refractivity contribution in [2.24, 2.45) is 5.92 Å². The molecule has 1 amide bonds. The number of hydrogen-bond donors (Lipinski definition) is 2. The predicted molar refractivity (Wildman–Crippen MR) is 71.4 cm³/mol. The van der Waals surface area contributed by atoms with Crippen LogP contribution in [0.15, 0.2) is 12.7 Å². The number of carbonyl (C=O) groups is 1. The van der Waals surface area contributed by atoms with Gasteiger partial charge in [0.05, 0.1) is 6.54 Å². The minimum atomic E-state index is 0. The van der Waals surface area contributed by atoms with Crippen LogP contribution in [0.1, 0.15) is 12.8 Å². The topological polar surface area (TPSA) is 44.4 Å². The fourth-order valence-corrected chi connectivity index (χ4v) is 2.71. The highest BCUT2D eigenvalue weighted by Gasteiger charge is 2.32. The first-order valence-electron chi connectivity index (χ1n) is 6.13. The van der Waals surface area contributed by atoms with E-state index < -0.39 is 0 Å². The summed E-state index contributed by atoms with van der Waals surface area (Å²) in [5, 5.41) is 6.35. The first-order valence-corrected chi connectivity index (χ1v) is 6.13. The molecule has 98 valence electrons. The molecule has 2 rings (SSSR count). The van der Waals surface area contributed by atoms with Gasteiger partial charge in [-0.05, 0) is 25.3 Å². The Morgan fingerprint density at radius 3 is 3.12 bits per heavy atom. The van der Waals surface area contributed by atoms with Crippen molar-refractivity contribution in [1.29, 1.82) is 0 Å². The lowest BCUT2D eigenvalue weighted by molar-refractivity contribution is -0.122. The summed E-state index contributed by atoms with van der Waals surface area (Å²) in [6.45, 7) is 7.95. The third kappa shape index (κ3) is 3.98. The van der Waals surface area contributed by atoms with Crippen molar-refractivity contribution in [3.63, 3.8) is 0 Å². The summed E-state index contributed by atoms with van der Waals surface area (Å²) in [6.07, 6.45) is 4.15. The molecule has 0 bridgehead atoms. The van der Waals surface area contributed by atoms with E-state index in [1.54, 1.807) is 6.08 Å². The second-order valence-electron chi connectivity index (χ2n) is 4.73. The van der Waals surface area contributed by atoms with Gasteiger partial charge in [0.25, 0.3) is 0 Å². The Kier molecular flexibility index (Phi) is 5.95. The van der Waals surface area contributed by atoms with Crippen LogP contribution in [-0.2, 0) is 4.79 Å². The SMILES string of the molecule is C=CCNC(=O)CN1CCC2NCCC2C1.Cl. The van der Waals surface area contributed by atoms with Gasteiger partial charge in [-0.15, -0.1) is 19.0 Å². The molecule has 2 saturated heterocycles. The zero-order chi connectivity index (χ0) is 11.4. The third-order valence-corrected chi connectivity index (χ3v) is 3.55. The van der Waals surface area contributed by atoms with Gasteiger partial charge in [0.2, 0.25) is 5.91 Å². The average Bonchev–Trinajstić information content (AvgIpc) is 2.73. The van der Waals surface area contributed by atoms with Crippen LogP contribution in [0.25, 0.3) is 0 Å². The van der Waals surface area contributed by atoms with Crippen molar-refractivity contribution >= 4 is 18.3 Å². The summed E-state index contributed by atoms with van der Waals surface area (Å²) in [7, 11) is 0. The Balaban J connectivity index is 0.00000144. The molecule has 4 nitrogen and oxygen atoms in total. The summed E-state index contributed by atoms with van der Waals surface area (Å²) in [5.41, 5.74) is 0. The van der Waals surface area contributed by atoms with E-state index in [-0.39, 0.29) is 18.3 Å². The summed E-state index contributed by atoms with van der Waals surface area (Å²) >= 11 is 0. The molecule has 0 spiro atoms. The van der Waals surface area contributed by atoms with Crippen molar-refractivity contribution in [3.05, 3.63) is 12.7 Å². The van der Waals surface area contributed by atoms with Crippen LogP contribution in [0.3, 0.4) is 0 Å². The quantitative estimate of drug-likeness (QED) is 0.719.